The Balaban J connectivity index is 2.26. The molecule has 36 heavy (non-hydrogen) atoms. The maximum Gasteiger partial charge on any atom is 0.159 e. The Kier molecular flexibility index (Phi) is 7.00. The van der Waals surface area contributed by atoms with E-state index < -0.39 is 16.1 Å². The minimum Gasteiger partial charge on any atom is -0.0656 e. The summed E-state index contributed by atoms with van der Waals surface area (Å²) in [6.45, 7) is 26.0. The van der Waals surface area contributed by atoms with Gasteiger partial charge in [0.05, 0.1) is 8.07 Å². The van der Waals surface area contributed by atoms with Crippen molar-refractivity contribution in [1.82, 2.24) is 0 Å². The van der Waals surface area contributed by atoms with Crippen molar-refractivity contribution in [2.24, 2.45) is 0 Å². The van der Waals surface area contributed by atoms with Gasteiger partial charge in [-0.15, -0.1) is 0 Å². The predicted molar refractivity (Wildman–Crippen MR) is 166 cm³/mol. The summed E-state index contributed by atoms with van der Waals surface area (Å²) in [7, 11) is -4.02. The minimum absolute atomic E-state index is 0.414. The van der Waals surface area contributed by atoms with Crippen LogP contribution < -0.4 is 20.7 Å². The molecule has 1 aliphatic rings. The molecule has 0 unspecified atom stereocenters. The number of hydrogen-bond donors (Lipinski definition) is 0. The zero-order valence-corrected chi connectivity index (χ0v) is 26.4. The van der Waals surface area contributed by atoms with Crippen LogP contribution in [0.5, 0.6) is 0 Å². The van der Waals surface area contributed by atoms with E-state index in [1.54, 1.807) is 31.9 Å². The van der Waals surface area contributed by atoms with Gasteiger partial charge >= 0.3 is 0 Å². The first-order valence-electron chi connectivity index (χ1n) is 13.4. The smallest absolute Gasteiger partial charge is 0.0656 e. The second kappa shape index (κ2) is 9.46. The van der Waals surface area contributed by atoms with Crippen LogP contribution in [0.3, 0.4) is 0 Å². The number of hydrogen-bond acceptors (Lipinski definition) is 0. The van der Waals surface area contributed by atoms with Crippen molar-refractivity contribution in [3.63, 3.8) is 0 Å². The average molecular weight is 509 g/mol. The molecule has 0 aliphatic heterocycles. The molecule has 2 heteroatoms. The largest absolute Gasteiger partial charge is 0.159 e. The summed E-state index contributed by atoms with van der Waals surface area (Å²) in [5.41, 5.74) is 12.0. The van der Waals surface area contributed by atoms with Crippen LogP contribution in [0.15, 0.2) is 83.0 Å². The van der Waals surface area contributed by atoms with Gasteiger partial charge in [0.1, 0.15) is 0 Å². The van der Waals surface area contributed by atoms with Crippen LogP contribution in [-0.4, -0.2) is 16.1 Å². The number of aryl methyl sites for hydroxylation is 4. The molecule has 1 aliphatic carbocycles. The average Bonchev–Trinajstić information content (AvgIpc) is 2.96. The molecule has 0 nitrogen and oxygen atoms in total. The van der Waals surface area contributed by atoms with Gasteiger partial charge in [-0.1, -0.05) is 119 Å². The van der Waals surface area contributed by atoms with E-state index in [9.17, 15) is 0 Å². The van der Waals surface area contributed by atoms with Crippen LogP contribution in [0.1, 0.15) is 49.9 Å². The zero-order chi connectivity index (χ0) is 26.6. The minimum atomic E-state index is -2.53. The Hall–Kier alpha value is -2.43. The van der Waals surface area contributed by atoms with E-state index >= 15 is 0 Å². The van der Waals surface area contributed by atoms with Gasteiger partial charge in [0, 0.05) is 5.54 Å². The first-order valence-corrected chi connectivity index (χ1v) is 19.0. The van der Waals surface area contributed by atoms with Gasteiger partial charge in [-0.3, -0.25) is 0 Å². The van der Waals surface area contributed by atoms with E-state index in [4.69, 9.17) is 0 Å². The molecule has 0 spiro atoms. The zero-order valence-electron chi connectivity index (χ0n) is 24.4. The predicted octanol–water partition coefficient (Wildman–Crippen LogP) is 6.99. The summed E-state index contributed by atoms with van der Waals surface area (Å²) in [5, 5.41) is 6.21. The standard InChI is InChI=1S/C34H44Si2/c1-22-15-23(2)18-32(17-22)36(33-19-24(3)16-25(4)20-33,34-28(7)26(5)27(6)29(34)8)31-14-12-13-30(21-31)35(9,10)11/h12-21,34H,1-11H3. The Labute approximate surface area is 222 Å². The van der Waals surface area contributed by atoms with Crippen LogP contribution in [-0.2, 0) is 0 Å². The topological polar surface area (TPSA) is 0 Å². The van der Waals surface area contributed by atoms with Gasteiger partial charge in [-0.05, 0) is 82.1 Å². The quantitative estimate of drug-likeness (QED) is 0.257. The highest BCUT2D eigenvalue weighted by Crippen LogP contribution is 2.46. The van der Waals surface area contributed by atoms with E-state index in [2.05, 4.69) is 136 Å². The van der Waals surface area contributed by atoms with E-state index in [0.29, 0.717) is 5.54 Å². The number of benzene rings is 3. The Morgan fingerprint density at radius 2 is 0.861 bits per heavy atom. The van der Waals surface area contributed by atoms with Gasteiger partial charge in [0.25, 0.3) is 0 Å². The third-order valence-corrected chi connectivity index (χ3v) is 16.0. The van der Waals surface area contributed by atoms with Crippen LogP contribution >= 0.6 is 0 Å². The van der Waals surface area contributed by atoms with Gasteiger partial charge in [0.15, 0.2) is 8.07 Å². The van der Waals surface area contributed by atoms with Gasteiger partial charge in [-0.25, -0.2) is 0 Å². The van der Waals surface area contributed by atoms with Gasteiger partial charge in [0.2, 0.25) is 0 Å². The second-order valence-electron chi connectivity index (χ2n) is 12.4. The molecule has 0 N–H and O–H groups in total. The second-order valence-corrected chi connectivity index (χ2v) is 21.4. The lowest BCUT2D eigenvalue weighted by atomic mass is 10.1. The van der Waals surface area contributed by atoms with Crippen LogP contribution in [0.25, 0.3) is 0 Å². The van der Waals surface area contributed by atoms with Crippen molar-refractivity contribution >= 4 is 36.9 Å². The molecular weight excluding hydrogens is 465 g/mol. The third-order valence-electron chi connectivity index (χ3n) is 8.58. The van der Waals surface area contributed by atoms with E-state index in [1.807, 2.05) is 0 Å². The van der Waals surface area contributed by atoms with Crippen molar-refractivity contribution in [3.05, 3.63) is 105 Å². The first-order chi connectivity index (χ1) is 16.8. The molecule has 0 radical (unpaired) electrons. The Morgan fingerprint density at radius 3 is 1.25 bits per heavy atom. The fourth-order valence-corrected chi connectivity index (χ4v) is 14.3. The highest BCUT2D eigenvalue weighted by molar-refractivity contribution is 7.13. The molecule has 0 heterocycles. The van der Waals surface area contributed by atoms with E-state index in [0.717, 1.165) is 0 Å². The normalized spacial score (nSPS) is 15.3. The van der Waals surface area contributed by atoms with Crippen molar-refractivity contribution in [1.29, 1.82) is 0 Å². The number of rotatable bonds is 5. The lowest BCUT2D eigenvalue weighted by Crippen LogP contribution is -2.71. The van der Waals surface area contributed by atoms with Crippen LogP contribution in [0.4, 0.5) is 0 Å². The van der Waals surface area contributed by atoms with Crippen molar-refractivity contribution in [3.8, 4) is 0 Å². The SMILES string of the molecule is CC1=C(C)C([Si](c2cc(C)cc(C)c2)(c2cc(C)cc(C)c2)c2cccc([Si](C)(C)C)c2)C(C)=C1C. The molecule has 0 amide bonds. The lowest BCUT2D eigenvalue weighted by molar-refractivity contribution is 1.09. The summed E-state index contributed by atoms with van der Waals surface area (Å²) < 4.78 is 0. The highest BCUT2D eigenvalue weighted by Gasteiger charge is 2.50. The maximum absolute atomic E-state index is 2.62. The number of allylic oxidation sites excluding steroid dienone is 4. The lowest BCUT2D eigenvalue weighted by Gasteiger charge is -2.42. The fourth-order valence-electron chi connectivity index (χ4n) is 6.63. The summed E-state index contributed by atoms with van der Waals surface area (Å²) in [6, 6.07) is 24.5. The molecule has 0 saturated carbocycles. The Bertz CT molecular complexity index is 1280. The first kappa shape index (κ1) is 26.6. The molecule has 3 aromatic carbocycles. The summed E-state index contributed by atoms with van der Waals surface area (Å²) in [4.78, 5) is 0. The molecule has 0 bridgehead atoms. The van der Waals surface area contributed by atoms with E-state index in [1.165, 1.54) is 33.4 Å². The van der Waals surface area contributed by atoms with Crippen molar-refractivity contribution in [2.75, 3.05) is 0 Å². The molecule has 3 aromatic rings. The molecular formula is C34H44Si2. The van der Waals surface area contributed by atoms with Gasteiger partial charge < -0.3 is 0 Å². The van der Waals surface area contributed by atoms with Crippen molar-refractivity contribution in [2.45, 2.75) is 80.6 Å². The third kappa shape index (κ3) is 4.44. The molecule has 0 atom stereocenters. The summed E-state index contributed by atoms with van der Waals surface area (Å²) in [6.07, 6.45) is 0. The highest BCUT2D eigenvalue weighted by atomic mass is 28.3. The molecule has 188 valence electrons. The van der Waals surface area contributed by atoms with E-state index in [-0.39, 0.29) is 0 Å². The molecule has 4 rings (SSSR count). The summed E-state index contributed by atoms with van der Waals surface area (Å²) in [5.74, 6) is 0. The van der Waals surface area contributed by atoms with Crippen molar-refractivity contribution < 1.29 is 0 Å². The Morgan fingerprint density at radius 1 is 0.472 bits per heavy atom. The summed E-state index contributed by atoms with van der Waals surface area (Å²) >= 11 is 0. The fraction of sp³-hybridized carbons (Fsp3) is 0.353. The monoisotopic (exact) mass is 508 g/mol. The maximum atomic E-state index is 2.62. The molecule has 0 saturated heterocycles. The van der Waals surface area contributed by atoms with Crippen LogP contribution in [0.2, 0.25) is 25.2 Å². The van der Waals surface area contributed by atoms with Crippen LogP contribution in [0, 0.1) is 27.7 Å². The molecule has 0 aromatic heterocycles. The molecule has 0 fully saturated rings. The van der Waals surface area contributed by atoms with Gasteiger partial charge in [-0.2, -0.15) is 0 Å².